The van der Waals surface area contributed by atoms with Crippen molar-refractivity contribution in [2.24, 2.45) is 7.05 Å². The van der Waals surface area contributed by atoms with Crippen LogP contribution in [0.3, 0.4) is 0 Å². The van der Waals surface area contributed by atoms with Crippen molar-refractivity contribution < 1.29 is 0 Å². The average Bonchev–Trinajstić information content (AvgIpc) is 2.66. The van der Waals surface area contributed by atoms with E-state index < -0.39 is 0 Å². The fraction of sp³-hybridized carbons (Fsp3) is 0.250. The number of benzene rings is 1. The molecule has 0 atom stereocenters. The van der Waals surface area contributed by atoms with Crippen LogP contribution in [0.5, 0.6) is 0 Å². The van der Waals surface area contributed by atoms with Crippen molar-refractivity contribution in [2.45, 2.75) is 6.54 Å². The number of rotatable bonds is 3. The minimum atomic E-state index is 0.908. The van der Waals surface area contributed by atoms with Gasteiger partial charge in [0.1, 0.15) is 0 Å². The van der Waals surface area contributed by atoms with Gasteiger partial charge in [0, 0.05) is 13.6 Å². The second-order valence-corrected chi connectivity index (χ2v) is 3.62. The highest BCUT2D eigenvalue weighted by Gasteiger charge is 2.01. The molecule has 1 N–H and O–H groups in total. The highest BCUT2D eigenvalue weighted by atomic mass is 15.0. The maximum atomic E-state index is 4.11. The molecular weight excluding hydrogens is 186 g/mol. The van der Waals surface area contributed by atoms with Gasteiger partial charge >= 0.3 is 0 Å². The van der Waals surface area contributed by atoms with Crippen molar-refractivity contribution in [3.05, 3.63) is 42.4 Å². The number of aryl methyl sites for hydroxylation is 1. The summed E-state index contributed by atoms with van der Waals surface area (Å²) in [7, 11) is 3.96. The van der Waals surface area contributed by atoms with Gasteiger partial charge in [0.15, 0.2) is 0 Å². The van der Waals surface area contributed by atoms with Crippen LogP contribution in [0.2, 0.25) is 0 Å². The Hall–Kier alpha value is -1.61. The normalized spacial score (nSPS) is 10.5. The number of hydrogen-bond donors (Lipinski definition) is 1. The Morgan fingerprint density at radius 2 is 2.00 bits per heavy atom. The predicted molar refractivity (Wildman–Crippen MR) is 61.4 cm³/mol. The molecule has 0 unspecified atom stereocenters. The van der Waals surface area contributed by atoms with Crippen LogP contribution in [0.1, 0.15) is 5.56 Å². The molecule has 0 aliphatic rings. The number of aromatic nitrogens is 2. The molecule has 1 aromatic carbocycles. The van der Waals surface area contributed by atoms with Crippen molar-refractivity contribution in [2.75, 3.05) is 7.05 Å². The molecule has 0 fully saturated rings. The molecule has 0 saturated carbocycles. The summed E-state index contributed by atoms with van der Waals surface area (Å²) in [6.07, 6.45) is 3.70. The van der Waals surface area contributed by atoms with Crippen LogP contribution in [-0.2, 0) is 13.6 Å². The first-order valence-electron chi connectivity index (χ1n) is 5.01. The third-order valence-electron chi connectivity index (χ3n) is 2.45. The molecule has 3 heteroatoms. The Kier molecular flexibility index (Phi) is 2.83. The van der Waals surface area contributed by atoms with Crippen LogP contribution in [0.25, 0.3) is 11.3 Å². The van der Waals surface area contributed by atoms with E-state index in [2.05, 4.69) is 34.6 Å². The molecule has 0 radical (unpaired) electrons. The predicted octanol–water partition coefficient (Wildman–Crippen LogP) is 1.81. The second kappa shape index (κ2) is 4.28. The standard InChI is InChI=1S/C12H15N3/c1-13-7-10-3-5-11(6-4-10)12-8-14-9-15(12)2/h3-6,8-9,13H,7H2,1-2H3. The maximum Gasteiger partial charge on any atom is 0.0948 e. The van der Waals surface area contributed by atoms with Crippen LogP contribution in [0, 0.1) is 0 Å². The molecule has 0 aliphatic heterocycles. The van der Waals surface area contributed by atoms with E-state index in [-0.39, 0.29) is 0 Å². The molecular formula is C12H15N3. The summed E-state index contributed by atoms with van der Waals surface area (Å²) in [5.41, 5.74) is 3.64. The summed E-state index contributed by atoms with van der Waals surface area (Å²) in [5, 5.41) is 3.13. The second-order valence-electron chi connectivity index (χ2n) is 3.62. The van der Waals surface area contributed by atoms with Gasteiger partial charge in [0.05, 0.1) is 18.2 Å². The zero-order chi connectivity index (χ0) is 10.7. The van der Waals surface area contributed by atoms with E-state index in [1.807, 2.05) is 31.2 Å². The highest BCUT2D eigenvalue weighted by molar-refractivity contribution is 5.59. The van der Waals surface area contributed by atoms with Crippen molar-refractivity contribution in [3.8, 4) is 11.3 Å². The van der Waals surface area contributed by atoms with Gasteiger partial charge < -0.3 is 9.88 Å². The monoisotopic (exact) mass is 201 g/mol. The van der Waals surface area contributed by atoms with E-state index in [0.717, 1.165) is 12.2 Å². The number of hydrogen-bond acceptors (Lipinski definition) is 2. The molecule has 0 saturated heterocycles. The maximum absolute atomic E-state index is 4.11. The molecule has 0 aliphatic carbocycles. The molecule has 15 heavy (non-hydrogen) atoms. The summed E-state index contributed by atoms with van der Waals surface area (Å²) in [6.45, 7) is 0.908. The molecule has 1 aromatic heterocycles. The molecule has 2 aromatic rings. The Bertz CT molecular complexity index is 428. The average molecular weight is 201 g/mol. The number of nitrogens with one attached hydrogen (secondary N) is 1. The first kappa shape index (κ1) is 9.93. The quantitative estimate of drug-likeness (QED) is 0.820. The fourth-order valence-corrected chi connectivity index (χ4v) is 1.63. The van der Waals surface area contributed by atoms with Gasteiger partial charge in [-0.3, -0.25) is 0 Å². The molecule has 78 valence electrons. The van der Waals surface area contributed by atoms with E-state index in [1.165, 1.54) is 11.1 Å². The Balaban J connectivity index is 2.28. The first-order chi connectivity index (χ1) is 7.31. The van der Waals surface area contributed by atoms with E-state index in [0.29, 0.717) is 0 Å². The van der Waals surface area contributed by atoms with E-state index in [1.54, 1.807) is 0 Å². The minimum Gasteiger partial charge on any atom is -0.334 e. The summed E-state index contributed by atoms with van der Waals surface area (Å²) >= 11 is 0. The zero-order valence-corrected chi connectivity index (χ0v) is 9.07. The van der Waals surface area contributed by atoms with Crippen molar-refractivity contribution in [1.82, 2.24) is 14.9 Å². The van der Waals surface area contributed by atoms with Crippen LogP contribution >= 0.6 is 0 Å². The lowest BCUT2D eigenvalue weighted by molar-refractivity contribution is 0.818. The Morgan fingerprint density at radius 3 is 2.53 bits per heavy atom. The van der Waals surface area contributed by atoms with Gasteiger partial charge in [-0.05, 0) is 18.2 Å². The largest absolute Gasteiger partial charge is 0.334 e. The third-order valence-corrected chi connectivity index (χ3v) is 2.45. The molecule has 0 spiro atoms. The van der Waals surface area contributed by atoms with Crippen LogP contribution < -0.4 is 5.32 Å². The van der Waals surface area contributed by atoms with Gasteiger partial charge in [-0.1, -0.05) is 24.3 Å². The van der Waals surface area contributed by atoms with E-state index in [9.17, 15) is 0 Å². The highest BCUT2D eigenvalue weighted by Crippen LogP contribution is 2.18. The lowest BCUT2D eigenvalue weighted by Crippen LogP contribution is -2.04. The summed E-state index contributed by atoms with van der Waals surface area (Å²) in [4.78, 5) is 4.11. The van der Waals surface area contributed by atoms with Gasteiger partial charge in [0.2, 0.25) is 0 Å². The van der Waals surface area contributed by atoms with Crippen molar-refractivity contribution in [1.29, 1.82) is 0 Å². The summed E-state index contributed by atoms with van der Waals surface area (Å²) < 4.78 is 2.02. The summed E-state index contributed by atoms with van der Waals surface area (Å²) in [5.74, 6) is 0. The van der Waals surface area contributed by atoms with E-state index >= 15 is 0 Å². The number of imidazole rings is 1. The zero-order valence-electron chi connectivity index (χ0n) is 9.07. The Labute approximate surface area is 89.8 Å². The minimum absolute atomic E-state index is 0.908. The topological polar surface area (TPSA) is 29.9 Å². The van der Waals surface area contributed by atoms with Crippen LogP contribution in [-0.4, -0.2) is 16.6 Å². The van der Waals surface area contributed by atoms with Gasteiger partial charge in [-0.25, -0.2) is 4.98 Å². The summed E-state index contributed by atoms with van der Waals surface area (Å²) in [6, 6.07) is 8.53. The fourth-order valence-electron chi connectivity index (χ4n) is 1.63. The first-order valence-corrected chi connectivity index (χ1v) is 5.01. The molecule has 1 heterocycles. The SMILES string of the molecule is CNCc1ccc(-c2cncn2C)cc1. The molecule has 3 nitrogen and oxygen atoms in total. The van der Waals surface area contributed by atoms with E-state index in [4.69, 9.17) is 0 Å². The molecule has 2 rings (SSSR count). The van der Waals surface area contributed by atoms with Gasteiger partial charge in [-0.2, -0.15) is 0 Å². The lowest BCUT2D eigenvalue weighted by Gasteiger charge is -2.04. The van der Waals surface area contributed by atoms with Gasteiger partial charge in [0.25, 0.3) is 0 Å². The third kappa shape index (κ3) is 2.07. The lowest BCUT2D eigenvalue weighted by atomic mass is 10.1. The molecule has 0 bridgehead atoms. The van der Waals surface area contributed by atoms with Crippen LogP contribution in [0.15, 0.2) is 36.8 Å². The van der Waals surface area contributed by atoms with Crippen LogP contribution in [0.4, 0.5) is 0 Å². The van der Waals surface area contributed by atoms with Gasteiger partial charge in [-0.15, -0.1) is 0 Å². The van der Waals surface area contributed by atoms with Crippen molar-refractivity contribution >= 4 is 0 Å². The Morgan fingerprint density at radius 1 is 1.27 bits per heavy atom. The molecule has 0 amide bonds. The smallest absolute Gasteiger partial charge is 0.0948 e. The number of nitrogens with zero attached hydrogens (tertiary/aromatic N) is 2. The van der Waals surface area contributed by atoms with Crippen molar-refractivity contribution in [3.63, 3.8) is 0 Å².